The molecule has 0 unspecified atom stereocenters. The zero-order valence-corrected chi connectivity index (χ0v) is 10.6. The van der Waals surface area contributed by atoms with Crippen LogP contribution in [0.15, 0.2) is 46.3 Å². The molecule has 0 aliphatic rings. The summed E-state index contributed by atoms with van der Waals surface area (Å²) in [6, 6.07) is 14.0. The van der Waals surface area contributed by atoms with Crippen molar-refractivity contribution < 1.29 is 0 Å². The van der Waals surface area contributed by atoms with Crippen molar-refractivity contribution in [3.05, 3.63) is 53.2 Å². The molecular formula is C14H12N2S. The van der Waals surface area contributed by atoms with Crippen LogP contribution >= 0.6 is 11.8 Å². The number of hydrogen-bond acceptors (Lipinski definition) is 3. The van der Waals surface area contributed by atoms with Gasteiger partial charge in [0.05, 0.1) is 5.56 Å². The van der Waals surface area contributed by atoms with Crippen LogP contribution in [0.25, 0.3) is 0 Å². The SMILES string of the molecule is Cc1ccc(C#N)c(Sc2ccccc2C)n1. The first kappa shape index (κ1) is 11.7. The minimum Gasteiger partial charge on any atom is -0.245 e. The molecule has 17 heavy (non-hydrogen) atoms. The van der Waals surface area contributed by atoms with Gasteiger partial charge in [-0.3, -0.25) is 0 Å². The standard InChI is InChI=1S/C14H12N2S/c1-10-5-3-4-6-13(10)17-14-12(9-15)8-7-11(2)16-14/h3-8H,1-2H3. The van der Waals surface area contributed by atoms with Crippen LogP contribution in [0.3, 0.4) is 0 Å². The van der Waals surface area contributed by atoms with Crippen LogP contribution in [0, 0.1) is 25.2 Å². The lowest BCUT2D eigenvalue weighted by Gasteiger charge is -2.06. The van der Waals surface area contributed by atoms with Gasteiger partial charge in [0.25, 0.3) is 0 Å². The Morgan fingerprint density at radius 3 is 2.59 bits per heavy atom. The van der Waals surface area contributed by atoms with Crippen LogP contribution in [-0.4, -0.2) is 4.98 Å². The molecule has 0 N–H and O–H groups in total. The maximum absolute atomic E-state index is 9.05. The Kier molecular flexibility index (Phi) is 3.46. The van der Waals surface area contributed by atoms with E-state index >= 15 is 0 Å². The van der Waals surface area contributed by atoms with E-state index in [4.69, 9.17) is 5.26 Å². The number of benzene rings is 1. The molecule has 0 aliphatic heterocycles. The van der Waals surface area contributed by atoms with Gasteiger partial charge in [0.2, 0.25) is 0 Å². The maximum Gasteiger partial charge on any atom is 0.119 e. The van der Waals surface area contributed by atoms with Crippen molar-refractivity contribution in [2.75, 3.05) is 0 Å². The van der Waals surface area contributed by atoms with E-state index in [9.17, 15) is 0 Å². The van der Waals surface area contributed by atoms with E-state index in [0.29, 0.717) is 5.56 Å². The van der Waals surface area contributed by atoms with E-state index in [1.54, 1.807) is 11.8 Å². The van der Waals surface area contributed by atoms with Crippen molar-refractivity contribution in [3.63, 3.8) is 0 Å². The lowest BCUT2D eigenvalue weighted by Crippen LogP contribution is -1.90. The normalized spacial score (nSPS) is 9.94. The quantitative estimate of drug-likeness (QED) is 0.802. The average molecular weight is 240 g/mol. The highest BCUT2D eigenvalue weighted by molar-refractivity contribution is 7.99. The lowest BCUT2D eigenvalue weighted by atomic mass is 10.2. The minimum absolute atomic E-state index is 0.629. The van der Waals surface area contributed by atoms with Crippen molar-refractivity contribution >= 4 is 11.8 Å². The molecule has 0 saturated carbocycles. The second kappa shape index (κ2) is 5.03. The summed E-state index contributed by atoms with van der Waals surface area (Å²) in [7, 11) is 0. The molecule has 1 heterocycles. The third-order valence-corrected chi connectivity index (χ3v) is 3.60. The van der Waals surface area contributed by atoms with Gasteiger partial charge in [0, 0.05) is 10.6 Å². The number of rotatable bonds is 2. The predicted octanol–water partition coefficient (Wildman–Crippen LogP) is 3.72. The Morgan fingerprint density at radius 2 is 1.88 bits per heavy atom. The highest BCUT2D eigenvalue weighted by atomic mass is 32.2. The summed E-state index contributed by atoms with van der Waals surface area (Å²) in [5.74, 6) is 0. The van der Waals surface area contributed by atoms with Gasteiger partial charge in [-0.15, -0.1) is 0 Å². The minimum atomic E-state index is 0.629. The molecule has 0 aliphatic carbocycles. The fourth-order valence-electron chi connectivity index (χ4n) is 1.47. The summed E-state index contributed by atoms with van der Waals surface area (Å²) in [4.78, 5) is 5.56. The molecule has 2 aromatic rings. The molecule has 0 atom stereocenters. The smallest absolute Gasteiger partial charge is 0.119 e. The van der Waals surface area contributed by atoms with Gasteiger partial charge in [-0.05, 0) is 37.6 Å². The molecule has 0 bridgehead atoms. The molecule has 2 nitrogen and oxygen atoms in total. The molecule has 0 radical (unpaired) electrons. The average Bonchev–Trinajstić information content (AvgIpc) is 2.32. The lowest BCUT2D eigenvalue weighted by molar-refractivity contribution is 1.05. The number of pyridine rings is 1. The van der Waals surface area contributed by atoms with Crippen LogP contribution in [0.1, 0.15) is 16.8 Å². The van der Waals surface area contributed by atoms with E-state index in [0.717, 1.165) is 15.6 Å². The van der Waals surface area contributed by atoms with Crippen LogP contribution in [0.4, 0.5) is 0 Å². The fourth-order valence-corrected chi connectivity index (χ4v) is 2.47. The van der Waals surface area contributed by atoms with E-state index in [-0.39, 0.29) is 0 Å². The third-order valence-electron chi connectivity index (χ3n) is 2.42. The van der Waals surface area contributed by atoms with E-state index < -0.39 is 0 Å². The van der Waals surface area contributed by atoms with E-state index in [1.165, 1.54) is 5.56 Å². The molecular weight excluding hydrogens is 228 g/mol. The molecule has 1 aromatic heterocycles. The Balaban J connectivity index is 2.40. The molecule has 0 spiro atoms. The topological polar surface area (TPSA) is 36.7 Å². The molecule has 3 heteroatoms. The second-order valence-electron chi connectivity index (χ2n) is 3.78. The monoisotopic (exact) mass is 240 g/mol. The number of hydrogen-bond donors (Lipinski definition) is 0. The van der Waals surface area contributed by atoms with Gasteiger partial charge in [0.1, 0.15) is 11.1 Å². The van der Waals surface area contributed by atoms with Gasteiger partial charge in [-0.1, -0.05) is 30.0 Å². The van der Waals surface area contributed by atoms with Crippen LogP contribution < -0.4 is 0 Å². The first-order valence-electron chi connectivity index (χ1n) is 5.32. The highest BCUT2D eigenvalue weighted by Gasteiger charge is 2.07. The van der Waals surface area contributed by atoms with Crippen LogP contribution in [0.5, 0.6) is 0 Å². The number of aryl methyl sites for hydroxylation is 2. The summed E-state index contributed by atoms with van der Waals surface area (Å²) in [6.45, 7) is 3.99. The molecule has 2 rings (SSSR count). The summed E-state index contributed by atoms with van der Waals surface area (Å²) >= 11 is 1.55. The predicted molar refractivity (Wildman–Crippen MR) is 69.0 cm³/mol. The first-order valence-corrected chi connectivity index (χ1v) is 6.13. The first-order chi connectivity index (χ1) is 8.20. The van der Waals surface area contributed by atoms with Crippen molar-refractivity contribution in [2.24, 2.45) is 0 Å². The van der Waals surface area contributed by atoms with Crippen molar-refractivity contribution in [1.82, 2.24) is 4.98 Å². The highest BCUT2D eigenvalue weighted by Crippen LogP contribution is 2.30. The van der Waals surface area contributed by atoms with Gasteiger partial charge >= 0.3 is 0 Å². The van der Waals surface area contributed by atoms with Gasteiger partial charge in [0.15, 0.2) is 0 Å². The van der Waals surface area contributed by atoms with E-state index in [1.807, 2.05) is 37.3 Å². The number of nitriles is 1. The van der Waals surface area contributed by atoms with Gasteiger partial charge < -0.3 is 0 Å². The van der Waals surface area contributed by atoms with E-state index in [2.05, 4.69) is 24.0 Å². The Hall–Kier alpha value is -1.79. The van der Waals surface area contributed by atoms with Crippen molar-refractivity contribution in [1.29, 1.82) is 5.26 Å². The summed E-state index contributed by atoms with van der Waals surface area (Å²) < 4.78 is 0. The molecule has 0 amide bonds. The van der Waals surface area contributed by atoms with Crippen molar-refractivity contribution in [2.45, 2.75) is 23.8 Å². The molecule has 0 saturated heterocycles. The molecule has 0 fully saturated rings. The van der Waals surface area contributed by atoms with Crippen molar-refractivity contribution in [3.8, 4) is 6.07 Å². The zero-order chi connectivity index (χ0) is 12.3. The number of nitrogens with zero attached hydrogens (tertiary/aromatic N) is 2. The summed E-state index contributed by atoms with van der Waals surface area (Å²) in [6.07, 6.45) is 0. The fraction of sp³-hybridized carbons (Fsp3) is 0.143. The van der Waals surface area contributed by atoms with Crippen LogP contribution in [-0.2, 0) is 0 Å². The zero-order valence-electron chi connectivity index (χ0n) is 9.77. The van der Waals surface area contributed by atoms with Gasteiger partial charge in [-0.25, -0.2) is 4.98 Å². The summed E-state index contributed by atoms with van der Waals surface area (Å²) in [5.41, 5.74) is 2.76. The third kappa shape index (κ3) is 2.66. The number of aromatic nitrogens is 1. The Bertz CT molecular complexity index is 585. The summed E-state index contributed by atoms with van der Waals surface area (Å²) in [5, 5.41) is 9.83. The Morgan fingerprint density at radius 1 is 1.12 bits per heavy atom. The van der Waals surface area contributed by atoms with Gasteiger partial charge in [-0.2, -0.15) is 5.26 Å². The molecule has 1 aromatic carbocycles. The van der Waals surface area contributed by atoms with Crippen LogP contribution in [0.2, 0.25) is 0 Å². The molecule has 84 valence electrons. The largest absolute Gasteiger partial charge is 0.245 e. The second-order valence-corrected chi connectivity index (χ2v) is 4.82. The maximum atomic E-state index is 9.05. The Labute approximate surface area is 105 Å².